The fourth-order valence-electron chi connectivity index (χ4n) is 4.37. The monoisotopic (exact) mass is 332 g/mol. The third kappa shape index (κ3) is 1.55. The normalized spacial score (nSPS) is 40.3. The van der Waals surface area contributed by atoms with Crippen LogP contribution in [-0.4, -0.2) is 47.8 Å². The lowest BCUT2D eigenvalue weighted by Crippen LogP contribution is -2.45. The second-order valence-corrected chi connectivity index (χ2v) is 6.87. The van der Waals surface area contributed by atoms with Crippen molar-refractivity contribution in [2.75, 3.05) is 7.05 Å². The zero-order chi connectivity index (χ0) is 15.9. The van der Waals surface area contributed by atoms with Gasteiger partial charge < -0.3 is 9.57 Å². The first kappa shape index (κ1) is 13.5. The molecule has 5 rings (SSSR count). The van der Waals surface area contributed by atoms with Crippen LogP contribution in [0.15, 0.2) is 29.4 Å². The Morgan fingerprint density at radius 1 is 1.00 bits per heavy atom. The molecule has 0 N–H and O–H groups in total. The van der Waals surface area contributed by atoms with E-state index in [9.17, 15) is 9.59 Å². The number of benzene rings is 1. The number of nitrogens with zero attached hydrogens (tertiary/aromatic N) is 2. The van der Waals surface area contributed by atoms with Gasteiger partial charge in [-0.3, -0.25) is 14.5 Å². The maximum absolute atomic E-state index is 12.4. The third-order valence-electron chi connectivity index (χ3n) is 5.40. The molecule has 4 aliphatic heterocycles. The topological polar surface area (TPSA) is 68.2 Å². The van der Waals surface area contributed by atoms with Crippen molar-refractivity contribution in [1.29, 1.82) is 0 Å². The number of fused-ring (bicyclic) bond motifs is 8. The molecular formula is C16H13ClN2O4. The quantitative estimate of drug-likeness (QED) is 0.721. The van der Waals surface area contributed by atoms with Gasteiger partial charge in [0.25, 0.3) is 0 Å². The van der Waals surface area contributed by atoms with Crippen LogP contribution in [-0.2, 0) is 19.2 Å². The Labute approximate surface area is 137 Å². The molecule has 118 valence electrons. The summed E-state index contributed by atoms with van der Waals surface area (Å²) in [5.74, 6) is -1.30. The van der Waals surface area contributed by atoms with Crippen LogP contribution in [0.4, 0.5) is 0 Å². The second kappa shape index (κ2) is 4.33. The van der Waals surface area contributed by atoms with Gasteiger partial charge in [0.2, 0.25) is 11.8 Å². The number of hydrogen-bond donors (Lipinski definition) is 0. The first-order valence-electron chi connectivity index (χ1n) is 7.54. The number of oxime groups is 1. The van der Waals surface area contributed by atoms with E-state index in [1.165, 1.54) is 11.9 Å². The van der Waals surface area contributed by atoms with Crippen molar-refractivity contribution in [2.24, 2.45) is 22.9 Å². The molecular weight excluding hydrogens is 320 g/mol. The Kier molecular flexibility index (Phi) is 2.54. The predicted octanol–water partition coefficient (Wildman–Crippen LogP) is 1.07. The molecule has 1 aromatic rings. The van der Waals surface area contributed by atoms with Crippen molar-refractivity contribution >= 4 is 29.1 Å². The molecule has 6 atom stereocenters. The number of amides is 2. The molecule has 0 unspecified atom stereocenters. The summed E-state index contributed by atoms with van der Waals surface area (Å²) in [6.07, 6.45) is -1.05. The number of carbonyl (C=O) groups excluding carboxylic acids is 2. The minimum atomic E-state index is -0.432. The van der Waals surface area contributed by atoms with Crippen molar-refractivity contribution in [3.8, 4) is 0 Å². The first-order chi connectivity index (χ1) is 11.1. The average Bonchev–Trinajstić information content (AvgIpc) is 3.26. The van der Waals surface area contributed by atoms with Gasteiger partial charge in [-0.05, 0) is 17.7 Å². The second-order valence-electron chi connectivity index (χ2n) is 6.43. The van der Waals surface area contributed by atoms with E-state index in [1.54, 1.807) is 12.1 Å². The highest BCUT2D eigenvalue weighted by Gasteiger charge is 2.71. The molecule has 3 saturated heterocycles. The highest BCUT2D eigenvalue weighted by Crippen LogP contribution is 2.54. The molecule has 0 saturated carbocycles. The van der Waals surface area contributed by atoms with Crippen LogP contribution in [0.3, 0.4) is 0 Å². The Bertz CT molecular complexity index is 762. The van der Waals surface area contributed by atoms with Crippen molar-refractivity contribution in [1.82, 2.24) is 4.90 Å². The maximum Gasteiger partial charge on any atom is 0.235 e. The largest absolute Gasteiger partial charge is 0.389 e. The van der Waals surface area contributed by atoms with Gasteiger partial charge in [-0.1, -0.05) is 28.9 Å². The standard InChI is InChI=1S/C16H13ClN2O4/c1-19-15(20)8-9(16(19)21)13-14-10(12(8)22-13)11(18-23-14)6-2-4-7(17)5-3-6/h2-5,8-10,12-14H,1H3/t8-,9+,10+,12-,13-,14-/m1/s1. The van der Waals surface area contributed by atoms with Crippen LogP contribution >= 0.6 is 11.6 Å². The van der Waals surface area contributed by atoms with Gasteiger partial charge in [0.15, 0.2) is 6.10 Å². The van der Waals surface area contributed by atoms with Crippen LogP contribution in [0.25, 0.3) is 0 Å². The maximum atomic E-state index is 12.4. The van der Waals surface area contributed by atoms with E-state index in [0.29, 0.717) is 5.02 Å². The number of carbonyl (C=O) groups is 2. The van der Waals surface area contributed by atoms with Gasteiger partial charge in [-0.2, -0.15) is 0 Å². The summed E-state index contributed by atoms with van der Waals surface area (Å²) in [4.78, 5) is 31.5. The number of ether oxygens (including phenoxy) is 1. The molecule has 6 nitrogen and oxygen atoms in total. The highest BCUT2D eigenvalue weighted by atomic mass is 35.5. The van der Waals surface area contributed by atoms with Crippen molar-refractivity contribution in [3.05, 3.63) is 34.9 Å². The number of hydrogen-bond acceptors (Lipinski definition) is 5. The minimum absolute atomic E-state index is 0.120. The molecule has 0 aromatic heterocycles. The molecule has 0 spiro atoms. The number of halogens is 1. The summed E-state index contributed by atoms with van der Waals surface area (Å²) in [6.45, 7) is 0. The zero-order valence-electron chi connectivity index (χ0n) is 12.2. The summed E-state index contributed by atoms with van der Waals surface area (Å²) < 4.78 is 5.97. The van der Waals surface area contributed by atoms with E-state index in [1.807, 2.05) is 12.1 Å². The van der Waals surface area contributed by atoms with Gasteiger partial charge in [-0.25, -0.2) is 0 Å². The van der Waals surface area contributed by atoms with Gasteiger partial charge in [0.1, 0.15) is 6.10 Å². The van der Waals surface area contributed by atoms with Crippen molar-refractivity contribution < 1.29 is 19.2 Å². The summed E-state index contributed by atoms with van der Waals surface area (Å²) in [5, 5.41) is 4.86. The molecule has 1 aromatic carbocycles. The minimum Gasteiger partial charge on any atom is -0.389 e. The number of imide groups is 1. The lowest BCUT2D eigenvalue weighted by Gasteiger charge is -2.26. The molecule has 2 bridgehead atoms. The van der Waals surface area contributed by atoms with E-state index < -0.39 is 17.9 Å². The molecule has 3 fully saturated rings. The Morgan fingerprint density at radius 3 is 2.35 bits per heavy atom. The Morgan fingerprint density at radius 2 is 1.65 bits per heavy atom. The van der Waals surface area contributed by atoms with E-state index in [0.717, 1.165) is 11.3 Å². The zero-order valence-corrected chi connectivity index (χ0v) is 12.9. The van der Waals surface area contributed by atoms with Crippen LogP contribution in [0.2, 0.25) is 5.02 Å². The lowest BCUT2D eigenvalue weighted by atomic mass is 9.71. The molecule has 4 heterocycles. The molecule has 2 amide bonds. The Hall–Kier alpha value is -1.92. The SMILES string of the molecule is CN1C(=O)[C@@H]2[C@H]3O[C@@H]([C@@H]4C(c5ccc(Cl)cc5)=NO[C@@H]34)[C@@H]2C1=O. The first-order valence-corrected chi connectivity index (χ1v) is 7.92. The van der Waals surface area contributed by atoms with Crippen LogP contribution in [0.5, 0.6) is 0 Å². The third-order valence-corrected chi connectivity index (χ3v) is 5.65. The number of rotatable bonds is 1. The summed E-state index contributed by atoms with van der Waals surface area (Å²) in [5.41, 5.74) is 1.67. The summed E-state index contributed by atoms with van der Waals surface area (Å²) in [7, 11) is 1.53. The molecule has 4 aliphatic rings. The Balaban J connectivity index is 1.53. The highest BCUT2D eigenvalue weighted by molar-refractivity contribution is 6.30. The van der Waals surface area contributed by atoms with Gasteiger partial charge in [0, 0.05) is 12.1 Å². The van der Waals surface area contributed by atoms with Crippen LogP contribution < -0.4 is 0 Å². The van der Waals surface area contributed by atoms with E-state index in [2.05, 4.69) is 5.16 Å². The van der Waals surface area contributed by atoms with Gasteiger partial charge in [0.05, 0.1) is 29.6 Å². The fraction of sp³-hybridized carbons (Fsp3) is 0.438. The van der Waals surface area contributed by atoms with Crippen LogP contribution in [0.1, 0.15) is 5.56 Å². The molecule has 23 heavy (non-hydrogen) atoms. The van der Waals surface area contributed by atoms with E-state index >= 15 is 0 Å². The lowest BCUT2D eigenvalue weighted by molar-refractivity contribution is -0.141. The van der Waals surface area contributed by atoms with E-state index in [4.69, 9.17) is 21.2 Å². The smallest absolute Gasteiger partial charge is 0.235 e. The predicted molar refractivity (Wildman–Crippen MR) is 79.8 cm³/mol. The number of likely N-dealkylation sites (tertiary alicyclic amines) is 1. The molecule has 0 radical (unpaired) electrons. The fourth-order valence-corrected chi connectivity index (χ4v) is 4.49. The van der Waals surface area contributed by atoms with Gasteiger partial charge >= 0.3 is 0 Å². The van der Waals surface area contributed by atoms with E-state index in [-0.39, 0.29) is 29.9 Å². The van der Waals surface area contributed by atoms with Crippen LogP contribution in [0, 0.1) is 17.8 Å². The van der Waals surface area contributed by atoms with Crippen molar-refractivity contribution in [2.45, 2.75) is 18.3 Å². The van der Waals surface area contributed by atoms with Gasteiger partial charge in [-0.15, -0.1) is 0 Å². The molecule has 7 heteroatoms. The summed E-state index contributed by atoms with van der Waals surface area (Å²) >= 11 is 5.93. The summed E-state index contributed by atoms with van der Waals surface area (Å²) in [6, 6.07) is 7.34. The average molecular weight is 333 g/mol. The molecule has 0 aliphatic carbocycles. The van der Waals surface area contributed by atoms with Crippen molar-refractivity contribution in [3.63, 3.8) is 0 Å².